The first-order valence-electron chi connectivity index (χ1n) is 4.54. The van der Waals surface area contributed by atoms with E-state index in [0.29, 0.717) is 12.0 Å². The van der Waals surface area contributed by atoms with Gasteiger partial charge in [0.1, 0.15) is 11.3 Å². The number of methoxy groups -OCH3 is 1. The lowest BCUT2D eigenvalue weighted by Gasteiger charge is -2.06. The van der Waals surface area contributed by atoms with Crippen LogP contribution in [0.3, 0.4) is 0 Å². The molecule has 80 valence electrons. The second-order valence-corrected chi connectivity index (χ2v) is 3.00. The number of carbonyl (C=O) groups is 2. The summed E-state index contributed by atoms with van der Waals surface area (Å²) < 4.78 is 4.88. The topological polar surface area (TPSA) is 63.6 Å². The van der Waals surface area contributed by atoms with Crippen molar-refractivity contribution in [1.29, 1.82) is 0 Å². The number of ether oxygens (including phenoxy) is 1. The number of aromatic carboxylic acids is 1. The highest BCUT2D eigenvalue weighted by Gasteiger charge is 2.13. The van der Waals surface area contributed by atoms with Gasteiger partial charge < -0.3 is 9.84 Å². The van der Waals surface area contributed by atoms with Crippen LogP contribution in [0, 0.1) is 0 Å². The van der Waals surface area contributed by atoms with Crippen LogP contribution in [-0.4, -0.2) is 24.0 Å². The standard InChI is InChI=1S/C11H12O4/c1-3-9(12)7-4-5-10(15-2)8(6-7)11(13)14/h4-6H,3H2,1-2H3,(H,13,14). The fourth-order valence-electron chi connectivity index (χ4n) is 1.25. The molecule has 0 heterocycles. The number of hydrogen-bond acceptors (Lipinski definition) is 3. The van der Waals surface area contributed by atoms with Gasteiger partial charge in [0.25, 0.3) is 0 Å². The molecule has 0 amide bonds. The molecule has 0 aliphatic carbocycles. The molecule has 4 heteroatoms. The second kappa shape index (κ2) is 4.59. The molecule has 0 aromatic heterocycles. The predicted octanol–water partition coefficient (Wildman–Crippen LogP) is 1.99. The number of Topliss-reactive ketones (excluding diaryl/α,β-unsaturated/α-hetero) is 1. The number of carboxylic acids is 1. The maximum absolute atomic E-state index is 11.4. The minimum Gasteiger partial charge on any atom is -0.496 e. The van der Waals surface area contributed by atoms with Crippen molar-refractivity contribution in [2.45, 2.75) is 13.3 Å². The largest absolute Gasteiger partial charge is 0.496 e. The van der Waals surface area contributed by atoms with Gasteiger partial charge in [0, 0.05) is 12.0 Å². The molecular formula is C11H12O4. The average Bonchev–Trinajstić information content (AvgIpc) is 2.27. The molecular weight excluding hydrogens is 196 g/mol. The Morgan fingerprint density at radius 1 is 1.40 bits per heavy atom. The molecule has 1 rings (SSSR count). The summed E-state index contributed by atoms with van der Waals surface area (Å²) >= 11 is 0. The third-order valence-corrected chi connectivity index (χ3v) is 2.07. The van der Waals surface area contributed by atoms with Crippen molar-refractivity contribution in [2.24, 2.45) is 0 Å². The van der Waals surface area contributed by atoms with Gasteiger partial charge in [0.05, 0.1) is 7.11 Å². The molecule has 0 aliphatic rings. The molecule has 4 nitrogen and oxygen atoms in total. The van der Waals surface area contributed by atoms with Crippen LogP contribution >= 0.6 is 0 Å². The Balaban J connectivity index is 3.22. The monoisotopic (exact) mass is 208 g/mol. The van der Waals surface area contributed by atoms with Crippen LogP contribution < -0.4 is 4.74 Å². The van der Waals surface area contributed by atoms with Crippen LogP contribution in [0.25, 0.3) is 0 Å². The number of rotatable bonds is 4. The zero-order valence-electron chi connectivity index (χ0n) is 8.61. The fraction of sp³-hybridized carbons (Fsp3) is 0.273. The minimum absolute atomic E-state index is 0.0109. The maximum Gasteiger partial charge on any atom is 0.339 e. The van der Waals surface area contributed by atoms with Crippen molar-refractivity contribution in [3.8, 4) is 5.75 Å². The fourth-order valence-corrected chi connectivity index (χ4v) is 1.25. The van der Waals surface area contributed by atoms with Crippen molar-refractivity contribution in [2.75, 3.05) is 7.11 Å². The second-order valence-electron chi connectivity index (χ2n) is 3.00. The Morgan fingerprint density at radius 2 is 2.07 bits per heavy atom. The number of hydrogen-bond donors (Lipinski definition) is 1. The molecule has 0 spiro atoms. The Kier molecular flexibility index (Phi) is 3.44. The van der Waals surface area contributed by atoms with E-state index in [1.54, 1.807) is 13.0 Å². The summed E-state index contributed by atoms with van der Waals surface area (Å²) in [6, 6.07) is 4.40. The summed E-state index contributed by atoms with van der Waals surface area (Å²) in [6.07, 6.45) is 0.353. The third kappa shape index (κ3) is 2.34. The van der Waals surface area contributed by atoms with E-state index in [-0.39, 0.29) is 17.1 Å². The Hall–Kier alpha value is -1.84. The van der Waals surface area contributed by atoms with Crippen LogP contribution in [0.5, 0.6) is 5.75 Å². The zero-order valence-corrected chi connectivity index (χ0v) is 8.61. The molecule has 0 saturated heterocycles. The quantitative estimate of drug-likeness (QED) is 0.768. The van der Waals surface area contributed by atoms with Gasteiger partial charge in [-0.3, -0.25) is 4.79 Å². The molecule has 1 N–H and O–H groups in total. The van der Waals surface area contributed by atoms with Gasteiger partial charge in [-0.15, -0.1) is 0 Å². The lowest BCUT2D eigenvalue weighted by atomic mass is 10.0. The van der Waals surface area contributed by atoms with E-state index in [1.807, 2.05) is 0 Å². The SMILES string of the molecule is CCC(=O)c1ccc(OC)c(C(=O)O)c1. The summed E-state index contributed by atoms with van der Waals surface area (Å²) in [7, 11) is 1.39. The number of benzene rings is 1. The van der Waals surface area contributed by atoms with Crippen molar-refractivity contribution in [3.05, 3.63) is 29.3 Å². The van der Waals surface area contributed by atoms with E-state index in [2.05, 4.69) is 0 Å². The summed E-state index contributed by atoms with van der Waals surface area (Å²) in [5, 5.41) is 8.88. The predicted molar refractivity (Wildman–Crippen MR) is 54.6 cm³/mol. The summed E-state index contributed by atoms with van der Waals surface area (Å²) in [4.78, 5) is 22.2. The number of ketones is 1. The Bertz CT molecular complexity index is 396. The average molecular weight is 208 g/mol. The molecule has 1 aromatic rings. The smallest absolute Gasteiger partial charge is 0.339 e. The number of carboxylic acid groups (broad SMARTS) is 1. The van der Waals surface area contributed by atoms with E-state index >= 15 is 0 Å². The molecule has 0 bridgehead atoms. The van der Waals surface area contributed by atoms with Gasteiger partial charge in [-0.2, -0.15) is 0 Å². The van der Waals surface area contributed by atoms with Gasteiger partial charge in [0.2, 0.25) is 0 Å². The number of carbonyl (C=O) groups excluding carboxylic acids is 1. The molecule has 0 aliphatic heterocycles. The van der Waals surface area contributed by atoms with Crippen LogP contribution in [0.4, 0.5) is 0 Å². The van der Waals surface area contributed by atoms with Crippen LogP contribution in [0.1, 0.15) is 34.1 Å². The molecule has 0 radical (unpaired) electrons. The summed E-state index contributed by atoms with van der Waals surface area (Å²) in [6.45, 7) is 1.73. The first-order chi connectivity index (χ1) is 7.10. The molecule has 15 heavy (non-hydrogen) atoms. The minimum atomic E-state index is -1.10. The van der Waals surface area contributed by atoms with Gasteiger partial charge in [-0.25, -0.2) is 4.79 Å². The van der Waals surface area contributed by atoms with Gasteiger partial charge in [-0.1, -0.05) is 6.92 Å². The molecule has 0 unspecified atom stereocenters. The summed E-state index contributed by atoms with van der Waals surface area (Å²) in [5.41, 5.74) is 0.410. The maximum atomic E-state index is 11.4. The molecule has 1 aromatic carbocycles. The van der Waals surface area contributed by atoms with Crippen LogP contribution in [-0.2, 0) is 0 Å². The Labute approximate surface area is 87.5 Å². The van der Waals surface area contributed by atoms with Crippen molar-refractivity contribution in [1.82, 2.24) is 0 Å². The van der Waals surface area contributed by atoms with Gasteiger partial charge in [-0.05, 0) is 18.2 Å². The lowest BCUT2D eigenvalue weighted by molar-refractivity contribution is 0.0693. The zero-order chi connectivity index (χ0) is 11.4. The van der Waals surface area contributed by atoms with Crippen molar-refractivity contribution in [3.63, 3.8) is 0 Å². The van der Waals surface area contributed by atoms with E-state index in [4.69, 9.17) is 9.84 Å². The molecule has 0 saturated carbocycles. The van der Waals surface area contributed by atoms with Crippen molar-refractivity contribution >= 4 is 11.8 Å². The van der Waals surface area contributed by atoms with E-state index in [0.717, 1.165) is 0 Å². The highest BCUT2D eigenvalue weighted by atomic mass is 16.5. The van der Waals surface area contributed by atoms with Crippen LogP contribution in [0.2, 0.25) is 0 Å². The normalized spacial score (nSPS) is 9.73. The third-order valence-electron chi connectivity index (χ3n) is 2.07. The van der Waals surface area contributed by atoms with Crippen LogP contribution in [0.15, 0.2) is 18.2 Å². The summed E-state index contributed by atoms with van der Waals surface area (Å²) in [5.74, 6) is -0.923. The molecule has 0 fully saturated rings. The highest BCUT2D eigenvalue weighted by molar-refractivity contribution is 5.99. The lowest BCUT2D eigenvalue weighted by Crippen LogP contribution is -2.04. The van der Waals surface area contributed by atoms with E-state index in [9.17, 15) is 9.59 Å². The first-order valence-corrected chi connectivity index (χ1v) is 4.54. The van der Waals surface area contributed by atoms with E-state index < -0.39 is 5.97 Å². The highest BCUT2D eigenvalue weighted by Crippen LogP contribution is 2.20. The Morgan fingerprint density at radius 3 is 2.53 bits per heavy atom. The van der Waals surface area contributed by atoms with Crippen molar-refractivity contribution < 1.29 is 19.4 Å². The first kappa shape index (κ1) is 11.2. The van der Waals surface area contributed by atoms with Gasteiger partial charge >= 0.3 is 5.97 Å². The molecule has 0 atom stereocenters. The van der Waals surface area contributed by atoms with E-state index in [1.165, 1.54) is 19.2 Å². The van der Waals surface area contributed by atoms with Gasteiger partial charge in [0.15, 0.2) is 5.78 Å².